The fraction of sp³-hybridized carbons (Fsp3) is 0.364. The van der Waals surface area contributed by atoms with Crippen LogP contribution in [0.15, 0.2) is 35.4 Å². The first kappa shape index (κ1) is 27.5. The number of nitrogens with one attached hydrogen (secondary N) is 1. The lowest BCUT2D eigenvalue weighted by molar-refractivity contribution is 0.162. The van der Waals surface area contributed by atoms with Gasteiger partial charge in [0.25, 0.3) is 0 Å². The summed E-state index contributed by atoms with van der Waals surface area (Å²) in [6.45, 7) is 3.32. The van der Waals surface area contributed by atoms with Crippen molar-refractivity contribution in [2.45, 2.75) is 25.3 Å². The number of pyridine rings is 1. The summed E-state index contributed by atoms with van der Waals surface area (Å²) in [7, 11) is -2.17. The molecule has 2 aromatic heterocycles. The van der Waals surface area contributed by atoms with E-state index in [1.54, 1.807) is 45.3 Å². The van der Waals surface area contributed by atoms with Crippen LogP contribution in [0.1, 0.15) is 11.4 Å². The van der Waals surface area contributed by atoms with E-state index in [4.69, 9.17) is 23.2 Å². The van der Waals surface area contributed by atoms with Gasteiger partial charge in [-0.15, -0.1) is 0 Å². The topological polar surface area (TPSA) is 86.5 Å². The van der Waals surface area contributed by atoms with Crippen LogP contribution in [0.3, 0.4) is 0 Å². The minimum atomic E-state index is -3.77. The van der Waals surface area contributed by atoms with Crippen molar-refractivity contribution in [3.8, 4) is 11.1 Å². The number of rotatable bonds is 7. The lowest BCUT2D eigenvalue weighted by atomic mass is 10.1. The molecule has 8 nitrogen and oxygen atoms in total. The molecule has 1 fully saturated rings. The lowest BCUT2D eigenvalue weighted by Crippen LogP contribution is -2.43. The van der Waals surface area contributed by atoms with Crippen molar-refractivity contribution in [1.29, 1.82) is 0 Å². The Labute approximate surface area is 228 Å². The minimum Gasteiger partial charge on any atom is -0.354 e. The molecule has 0 saturated carbocycles. The molecule has 1 aliphatic heterocycles. The number of nitrogens with zero attached hydrogens (tertiary/aromatic N) is 5. The standard InChI is InChI=1S/C22H25Cl2F2IN6O2S/c1-13-20(14(2)31(3)30-13)33(22(25)26)36(35,27-34)21-17(23)10-16(11-18(21)24)15-4-5-29-19(12-15)32-8-6-28-7-9-32/h4-5,10-12,22,28,35H,6-9H2,1-3H3. The molecule has 0 aliphatic carbocycles. The van der Waals surface area contributed by atoms with Gasteiger partial charge < -0.3 is 14.8 Å². The highest BCUT2D eigenvalue weighted by atomic mass is 127. The molecule has 0 spiro atoms. The maximum atomic E-state index is 14.5. The molecule has 36 heavy (non-hydrogen) atoms. The third kappa shape index (κ3) is 5.07. The quantitative estimate of drug-likeness (QED) is 0.224. The number of halogens is 5. The van der Waals surface area contributed by atoms with Crippen LogP contribution in [0.2, 0.25) is 10.0 Å². The summed E-state index contributed by atoms with van der Waals surface area (Å²) in [5.74, 6) is 0.796. The average molecular weight is 673 g/mol. The molecule has 0 bridgehead atoms. The van der Waals surface area contributed by atoms with Crippen LogP contribution in [-0.4, -0.2) is 52.0 Å². The highest BCUT2D eigenvalue weighted by Gasteiger charge is 2.43. The van der Waals surface area contributed by atoms with E-state index >= 15 is 0 Å². The fourth-order valence-electron chi connectivity index (χ4n) is 4.21. The van der Waals surface area contributed by atoms with Crippen molar-refractivity contribution in [3.63, 3.8) is 0 Å². The molecule has 1 unspecified atom stereocenters. The Morgan fingerprint density at radius 3 is 2.33 bits per heavy atom. The van der Waals surface area contributed by atoms with Crippen LogP contribution >= 0.6 is 50.7 Å². The van der Waals surface area contributed by atoms with E-state index in [9.17, 15) is 16.4 Å². The summed E-state index contributed by atoms with van der Waals surface area (Å²) in [6, 6.07) is 6.79. The van der Waals surface area contributed by atoms with Crippen molar-refractivity contribution in [2.75, 3.05) is 35.4 Å². The van der Waals surface area contributed by atoms with E-state index in [0.29, 0.717) is 15.6 Å². The van der Waals surface area contributed by atoms with Gasteiger partial charge in [-0.25, -0.2) is 9.29 Å². The minimum absolute atomic E-state index is 0.00607. The summed E-state index contributed by atoms with van der Waals surface area (Å²) < 4.78 is 55.0. The Morgan fingerprint density at radius 1 is 1.17 bits per heavy atom. The van der Waals surface area contributed by atoms with Gasteiger partial charge in [-0.1, -0.05) is 23.2 Å². The predicted molar refractivity (Wildman–Crippen MR) is 149 cm³/mol. The number of alkyl halides is 2. The maximum Gasteiger partial charge on any atom is 0.325 e. The third-order valence-electron chi connectivity index (χ3n) is 5.99. The number of aryl methyl sites for hydroxylation is 2. The number of hydrogen-bond donors (Lipinski definition) is 2. The Kier molecular flexibility index (Phi) is 8.42. The second-order valence-corrected chi connectivity index (χ2v) is 15.7. The van der Waals surface area contributed by atoms with E-state index in [1.165, 1.54) is 4.68 Å². The Morgan fingerprint density at radius 2 is 1.81 bits per heavy atom. The Balaban J connectivity index is 1.80. The van der Waals surface area contributed by atoms with Gasteiger partial charge in [0.15, 0.2) is 0 Å². The lowest BCUT2D eigenvalue weighted by Gasteiger charge is -2.40. The van der Waals surface area contributed by atoms with Crippen LogP contribution in [0, 0.1) is 13.8 Å². The first-order valence-electron chi connectivity index (χ1n) is 10.9. The van der Waals surface area contributed by atoms with E-state index in [0.717, 1.165) is 37.6 Å². The summed E-state index contributed by atoms with van der Waals surface area (Å²) in [5.41, 5.74) is 2.05. The molecule has 0 radical (unpaired) electrons. The zero-order valence-electron chi connectivity index (χ0n) is 19.7. The van der Waals surface area contributed by atoms with Gasteiger partial charge in [0, 0.05) is 39.4 Å². The second-order valence-electron chi connectivity index (χ2n) is 8.20. The maximum absolute atomic E-state index is 14.5. The summed E-state index contributed by atoms with van der Waals surface area (Å²) >= 11 is 10.7. The van der Waals surface area contributed by atoms with Crippen molar-refractivity contribution < 1.29 is 16.4 Å². The molecular weight excluding hydrogens is 648 g/mol. The van der Waals surface area contributed by atoms with Gasteiger partial charge in [0.05, 0.1) is 39.7 Å². The molecule has 2 N–H and O–H groups in total. The summed E-state index contributed by atoms with van der Waals surface area (Å²) in [5, 5.41) is 7.38. The molecule has 4 rings (SSSR count). The molecule has 1 saturated heterocycles. The summed E-state index contributed by atoms with van der Waals surface area (Å²) in [6.07, 6.45) is 1.68. The molecule has 1 atom stereocenters. The fourth-order valence-corrected chi connectivity index (χ4v) is 11.4. The number of aromatic nitrogens is 3. The van der Waals surface area contributed by atoms with E-state index in [1.807, 2.05) is 6.07 Å². The molecule has 3 aromatic rings. The van der Waals surface area contributed by atoms with Crippen LogP contribution in [0.4, 0.5) is 20.3 Å². The molecular formula is C22H25Cl2F2IN6O2S. The van der Waals surface area contributed by atoms with Crippen LogP contribution in [-0.2, 0) is 10.1 Å². The zero-order valence-corrected chi connectivity index (χ0v) is 24.2. The largest absolute Gasteiger partial charge is 0.354 e. The smallest absolute Gasteiger partial charge is 0.325 e. The first-order chi connectivity index (χ1) is 17.1. The van der Waals surface area contributed by atoms with Crippen LogP contribution in [0.5, 0.6) is 0 Å². The monoisotopic (exact) mass is 672 g/mol. The second kappa shape index (κ2) is 11.0. The van der Waals surface area contributed by atoms with Gasteiger partial charge in [0.2, 0.25) is 19.8 Å². The third-order valence-corrected chi connectivity index (χ3v) is 12.9. The Hall–Kier alpha value is -1.58. The Bertz CT molecular complexity index is 1270. The first-order valence-corrected chi connectivity index (χ1v) is 16.6. The zero-order chi connectivity index (χ0) is 26.2. The molecule has 1 aromatic carbocycles. The molecule has 14 heteroatoms. The summed E-state index contributed by atoms with van der Waals surface area (Å²) in [4.78, 5) is 6.46. The molecule has 0 amide bonds. The number of piperazine rings is 1. The number of hydrogen-bond acceptors (Lipinski definition) is 7. The van der Waals surface area contributed by atoms with Crippen LogP contribution < -0.4 is 14.5 Å². The van der Waals surface area contributed by atoms with Crippen molar-refractivity contribution >= 4 is 62.2 Å². The molecule has 1 aliphatic rings. The number of benzene rings is 1. The van der Waals surface area contributed by atoms with Crippen molar-refractivity contribution in [2.24, 2.45) is 7.05 Å². The van der Waals surface area contributed by atoms with Crippen LogP contribution in [0.25, 0.3) is 11.1 Å². The predicted octanol–water partition coefficient (Wildman–Crippen LogP) is 6.33. The van der Waals surface area contributed by atoms with Crippen molar-refractivity contribution in [1.82, 2.24) is 20.1 Å². The van der Waals surface area contributed by atoms with E-state index < -0.39 is 34.0 Å². The van der Waals surface area contributed by atoms with E-state index in [-0.39, 0.29) is 26.3 Å². The highest BCUT2D eigenvalue weighted by Crippen LogP contribution is 2.71. The van der Waals surface area contributed by atoms with Gasteiger partial charge in [-0.3, -0.25) is 7.75 Å². The average Bonchev–Trinajstić information content (AvgIpc) is 3.10. The molecule has 3 heterocycles. The van der Waals surface area contributed by atoms with Gasteiger partial charge in [0.1, 0.15) is 5.82 Å². The normalized spacial score (nSPS) is 16.8. The van der Waals surface area contributed by atoms with Crippen molar-refractivity contribution in [3.05, 3.63) is 51.9 Å². The van der Waals surface area contributed by atoms with Gasteiger partial charge in [-0.2, -0.15) is 13.9 Å². The van der Waals surface area contributed by atoms with Gasteiger partial charge >= 0.3 is 6.55 Å². The molecule has 196 valence electrons. The van der Waals surface area contributed by atoms with Gasteiger partial charge in [-0.05, 0) is 49.2 Å². The SMILES string of the molecule is Cc1nn(C)c(C)c1N(C(F)F)S(O)(I=O)c1c(Cl)cc(-c2ccnc(N3CCNCC3)c2)cc1Cl. The van der Waals surface area contributed by atoms with E-state index in [2.05, 4.69) is 20.3 Å². The number of anilines is 2. The highest BCUT2D eigenvalue weighted by molar-refractivity contribution is 14.2.